The summed E-state index contributed by atoms with van der Waals surface area (Å²) in [5.74, 6) is 0.0988. The topological polar surface area (TPSA) is 99.8 Å². The Bertz CT molecular complexity index is 1740. The molecule has 1 fully saturated rings. The van der Waals surface area contributed by atoms with Gasteiger partial charge in [0.05, 0.1) is 7.11 Å². The summed E-state index contributed by atoms with van der Waals surface area (Å²) in [5, 5.41) is 13.9. The largest absolute Gasteiger partial charge is 0.658 e. The number of fused-ring (bicyclic) bond motifs is 8. The second-order valence-corrected chi connectivity index (χ2v) is 11.9. The number of rotatable bonds is 5. The van der Waals surface area contributed by atoms with Crippen molar-refractivity contribution in [1.82, 2.24) is 9.97 Å². The summed E-state index contributed by atoms with van der Waals surface area (Å²) in [5.41, 5.74) is 7.27. The Morgan fingerprint density at radius 3 is 2.45 bits per heavy atom. The summed E-state index contributed by atoms with van der Waals surface area (Å²) in [6, 6.07) is -0.514. The van der Waals surface area contributed by atoms with Gasteiger partial charge in [-0.2, -0.15) is 0 Å². The van der Waals surface area contributed by atoms with E-state index in [9.17, 15) is 9.59 Å². The fraction of sp³-hybridized carbons (Fsp3) is 0.471. The van der Waals surface area contributed by atoms with Gasteiger partial charge < -0.3 is 25.3 Å². The van der Waals surface area contributed by atoms with E-state index < -0.39 is 0 Å². The minimum absolute atomic E-state index is 0. The summed E-state index contributed by atoms with van der Waals surface area (Å²) in [6.45, 7) is 14.7. The van der Waals surface area contributed by atoms with Gasteiger partial charge in [0.1, 0.15) is 0 Å². The van der Waals surface area contributed by atoms with Crippen molar-refractivity contribution in [1.29, 1.82) is 0 Å². The second kappa shape index (κ2) is 11.7. The first-order valence-corrected chi connectivity index (χ1v) is 14.7. The number of nitrogens with zero attached hydrogens (tertiary/aromatic N) is 4. The Morgan fingerprint density at radius 1 is 1.05 bits per heavy atom. The fourth-order valence-electron chi connectivity index (χ4n) is 7.42. The molecule has 6 atom stereocenters. The first kappa shape index (κ1) is 30.7. The molecule has 4 aliphatic rings. The van der Waals surface area contributed by atoms with E-state index >= 15 is 0 Å². The van der Waals surface area contributed by atoms with E-state index in [4.69, 9.17) is 25.3 Å². The maximum atomic E-state index is 13.4. The van der Waals surface area contributed by atoms with Gasteiger partial charge in [0.2, 0.25) is 0 Å². The van der Waals surface area contributed by atoms with Gasteiger partial charge in [0.25, 0.3) is 0 Å². The number of esters is 1. The molecule has 1 aliphatic carbocycles. The maximum Gasteiger partial charge on any atom is 0.305 e. The molecule has 8 bridgehead atoms. The number of ketones is 1. The third-order valence-corrected chi connectivity index (χ3v) is 9.86. The molecule has 0 spiro atoms. The summed E-state index contributed by atoms with van der Waals surface area (Å²) < 4.78 is 4.97. The molecule has 0 radical (unpaired) electrons. The quantitative estimate of drug-likeness (QED) is 0.293. The predicted octanol–water partition coefficient (Wildman–Crippen LogP) is 2.83. The minimum Gasteiger partial charge on any atom is -0.658 e. The monoisotopic (exact) mass is 614 g/mol. The minimum atomic E-state index is -0.229. The van der Waals surface area contributed by atoms with Crippen molar-refractivity contribution in [3.63, 3.8) is 0 Å². The number of carbonyl (C=O) groups excluding carboxylic acids is 2. The van der Waals surface area contributed by atoms with Crippen molar-refractivity contribution in [2.75, 3.05) is 7.11 Å². The number of aromatic nitrogens is 2. The molecule has 5 heterocycles. The van der Waals surface area contributed by atoms with Gasteiger partial charge in [0, 0.05) is 37.9 Å². The van der Waals surface area contributed by atoms with Crippen molar-refractivity contribution in [3.05, 3.63) is 72.0 Å². The average Bonchev–Trinajstić information content (AvgIpc) is 3.70. The maximum absolute atomic E-state index is 13.4. The molecule has 3 aliphatic heterocycles. The van der Waals surface area contributed by atoms with Gasteiger partial charge in [-0.25, -0.2) is 0 Å². The van der Waals surface area contributed by atoms with Crippen molar-refractivity contribution >= 4 is 41.6 Å². The molecule has 0 amide bonds. The second-order valence-electron chi connectivity index (χ2n) is 11.9. The molecule has 2 aromatic rings. The van der Waals surface area contributed by atoms with Crippen LogP contribution < -0.4 is 31.4 Å². The number of Topliss-reactive ketones (excluding diaryl/α,β-unsaturated/α-hetero) is 1. The molecule has 6 unspecified atom stereocenters. The molecular formula is C34H38N4O3Zn-4. The fourth-order valence-corrected chi connectivity index (χ4v) is 7.42. The molecule has 2 aromatic heterocycles. The number of hydrogen-bond acceptors (Lipinski definition) is 3. The zero-order chi connectivity index (χ0) is 29.2. The number of ether oxygens (including phenoxy) is 1. The molecule has 7 nitrogen and oxygen atoms in total. The third-order valence-electron chi connectivity index (χ3n) is 9.86. The number of methoxy groups -OCH3 is 1. The Kier molecular flexibility index (Phi) is 8.55. The van der Waals surface area contributed by atoms with Crippen LogP contribution in [0.15, 0.2) is 17.7 Å². The van der Waals surface area contributed by atoms with Gasteiger partial charge in [-0.15, -0.1) is 51.7 Å². The van der Waals surface area contributed by atoms with Crippen molar-refractivity contribution in [2.24, 2.45) is 11.8 Å². The average molecular weight is 616 g/mol. The molecule has 0 N–H and O–H groups in total. The van der Waals surface area contributed by atoms with Crippen LogP contribution in [0.25, 0.3) is 40.5 Å². The zero-order valence-electron chi connectivity index (χ0n) is 25.5. The van der Waals surface area contributed by atoms with Crippen LogP contribution in [0.4, 0.5) is 0 Å². The molecule has 42 heavy (non-hydrogen) atoms. The summed E-state index contributed by atoms with van der Waals surface area (Å²) in [6.07, 6.45) is 10.5. The van der Waals surface area contributed by atoms with Gasteiger partial charge in [-0.05, 0) is 39.2 Å². The van der Waals surface area contributed by atoms with Gasteiger partial charge in [-0.3, -0.25) is 9.59 Å². The van der Waals surface area contributed by atoms with E-state index in [1.807, 2.05) is 13.0 Å². The van der Waals surface area contributed by atoms with Gasteiger partial charge in [0.15, 0.2) is 5.78 Å². The summed E-state index contributed by atoms with van der Waals surface area (Å²) in [7, 11) is 1.42. The van der Waals surface area contributed by atoms with E-state index in [1.165, 1.54) is 18.3 Å². The van der Waals surface area contributed by atoms with Crippen molar-refractivity contribution in [3.8, 4) is 0 Å². The first-order chi connectivity index (χ1) is 19.7. The smallest absolute Gasteiger partial charge is 0.305 e. The van der Waals surface area contributed by atoms with Gasteiger partial charge in [-0.1, -0.05) is 78.3 Å². The normalized spacial score (nSPS) is 30.2. The Labute approximate surface area is 260 Å². The molecular weight excluding hydrogens is 578 g/mol. The van der Waals surface area contributed by atoms with Crippen LogP contribution >= 0.6 is 0 Å². The van der Waals surface area contributed by atoms with Gasteiger partial charge >= 0.3 is 5.97 Å². The Morgan fingerprint density at radius 2 is 1.76 bits per heavy atom. The molecule has 8 heteroatoms. The van der Waals surface area contributed by atoms with Crippen LogP contribution in [0.2, 0.25) is 0 Å². The van der Waals surface area contributed by atoms with E-state index in [1.54, 1.807) is 0 Å². The van der Waals surface area contributed by atoms with E-state index in [0.29, 0.717) is 19.3 Å². The standard InChI is InChI=1S/C34H38N4O3.Zn/c1-8-20-16(3)24-13-26-18(5)22(10-11-31(40)41-7)33(37-26)23-12-30(39)32-19(6)27(38-34(23)32)15-29-21(9-2)17(4)25(36-29)14-28(20)35-24;/h8,13-15,18,22,25-26,29,33H,1,9-12H2,2-7H3;/q-4;/b24-13-,27-15-,28-14-;. The molecule has 1 saturated heterocycles. The van der Waals surface area contributed by atoms with E-state index in [0.717, 1.165) is 55.6 Å². The summed E-state index contributed by atoms with van der Waals surface area (Å²) >= 11 is 0. The van der Waals surface area contributed by atoms with Crippen LogP contribution in [-0.4, -0.2) is 43.0 Å². The Hall–Kier alpha value is -2.80. The SMILES string of the molecule is C=Cc1c(C)/c2[n-]/c1=C\C1[N-]C(/C=c3\[n-]c4c(c3C)C(=O)CC=4C3[N-]C(\C=2)C(C)C3CCC(=O)OC)C(CC)=C1C.[Zn]. The Balaban J connectivity index is 0.00000353. The molecule has 218 valence electrons. The van der Waals surface area contributed by atoms with Crippen LogP contribution in [0.5, 0.6) is 0 Å². The molecule has 6 rings (SSSR count). The van der Waals surface area contributed by atoms with E-state index in [-0.39, 0.29) is 67.2 Å². The molecule has 0 aromatic carbocycles. The number of hydrogen-bond donors (Lipinski definition) is 0. The van der Waals surface area contributed by atoms with Crippen molar-refractivity contribution in [2.45, 2.75) is 84.5 Å². The van der Waals surface area contributed by atoms with E-state index in [2.05, 4.69) is 52.5 Å². The third kappa shape index (κ3) is 4.86. The van der Waals surface area contributed by atoms with Crippen LogP contribution in [0.3, 0.4) is 0 Å². The molecule has 0 saturated carbocycles. The van der Waals surface area contributed by atoms with Crippen LogP contribution in [0.1, 0.15) is 73.5 Å². The predicted molar refractivity (Wildman–Crippen MR) is 162 cm³/mol. The number of carbonyl (C=O) groups is 2. The van der Waals surface area contributed by atoms with Crippen molar-refractivity contribution < 1.29 is 33.8 Å². The van der Waals surface area contributed by atoms with Crippen LogP contribution in [-0.2, 0) is 29.0 Å². The van der Waals surface area contributed by atoms with Crippen LogP contribution in [0, 0.1) is 25.7 Å². The summed E-state index contributed by atoms with van der Waals surface area (Å²) in [4.78, 5) is 35.8. The zero-order valence-corrected chi connectivity index (χ0v) is 28.5. The first-order valence-electron chi connectivity index (χ1n) is 14.7.